The topological polar surface area (TPSA) is 134 Å². The summed E-state index contributed by atoms with van der Waals surface area (Å²) in [5, 5.41) is 9.52. The summed E-state index contributed by atoms with van der Waals surface area (Å²) < 4.78 is 23.6. The van der Waals surface area contributed by atoms with Crippen molar-refractivity contribution >= 4 is 57.3 Å². The van der Waals surface area contributed by atoms with Crippen LogP contribution in [-0.4, -0.2) is 46.5 Å². The molecule has 2 aromatic carbocycles. The van der Waals surface area contributed by atoms with Crippen LogP contribution >= 0.6 is 11.5 Å². The number of hydrogen-bond acceptors (Lipinski definition) is 8. The Labute approximate surface area is 238 Å². The van der Waals surface area contributed by atoms with E-state index in [9.17, 15) is 23.6 Å². The number of carbonyl (C=O) groups excluding carboxylic acids is 4. The van der Waals surface area contributed by atoms with Gasteiger partial charge in [0.25, 0.3) is 17.7 Å². The van der Waals surface area contributed by atoms with E-state index < -0.39 is 17.6 Å². The summed E-state index contributed by atoms with van der Waals surface area (Å²) in [6.07, 6.45) is 9.51. The van der Waals surface area contributed by atoms with Crippen LogP contribution in [0.15, 0.2) is 59.8 Å². The lowest BCUT2D eigenvalue weighted by molar-refractivity contribution is -0.121. The largest absolute Gasteiger partial charge is 0.481 e. The zero-order valence-electron chi connectivity index (χ0n) is 21.6. The van der Waals surface area contributed by atoms with Crippen LogP contribution in [-0.2, 0) is 14.4 Å². The second-order valence-electron chi connectivity index (χ2n) is 9.08. The molecule has 2 N–H and O–H groups in total. The van der Waals surface area contributed by atoms with Crippen molar-refractivity contribution in [2.24, 2.45) is 0 Å². The molecule has 0 atom stereocenters. The number of hydrogen-bond donors (Lipinski definition) is 2. The van der Waals surface area contributed by atoms with Crippen LogP contribution in [0.1, 0.15) is 25.7 Å². The van der Waals surface area contributed by atoms with Crippen molar-refractivity contribution in [3.8, 4) is 18.1 Å². The molecular weight excluding hydrogens is 551 g/mol. The molecule has 0 unspecified atom stereocenters. The second-order valence-corrected chi connectivity index (χ2v) is 9.87. The molecule has 3 heterocycles. The van der Waals surface area contributed by atoms with Gasteiger partial charge in [-0.05, 0) is 43.9 Å². The van der Waals surface area contributed by atoms with Gasteiger partial charge in [-0.3, -0.25) is 24.6 Å². The average Bonchev–Trinajstić information content (AvgIpc) is 3.57. The molecular formula is C28H23FN6O5S. The van der Waals surface area contributed by atoms with Crippen LogP contribution in [0.5, 0.6) is 5.75 Å². The summed E-state index contributed by atoms with van der Waals surface area (Å²) in [5.74, 6) is 0.406. The smallest absolute Gasteiger partial charge is 0.324 e. The summed E-state index contributed by atoms with van der Waals surface area (Å²) in [5.41, 5.74) is 1.74. The Hall–Kier alpha value is -5.09. The summed E-state index contributed by atoms with van der Waals surface area (Å²) >= 11 is 1.13. The number of terminal acetylenes is 1. The van der Waals surface area contributed by atoms with Gasteiger partial charge < -0.3 is 10.1 Å². The minimum absolute atomic E-state index is 0.0170. The van der Waals surface area contributed by atoms with Crippen LogP contribution in [0.2, 0.25) is 0 Å². The third kappa shape index (κ3) is 5.78. The summed E-state index contributed by atoms with van der Waals surface area (Å²) in [7, 11) is 0. The number of ether oxygens (including phenoxy) is 1. The number of fused-ring (bicyclic) bond motifs is 1. The van der Waals surface area contributed by atoms with Crippen LogP contribution in [0.4, 0.5) is 31.2 Å². The number of imide groups is 1. The molecule has 1 aromatic heterocycles. The highest BCUT2D eigenvalue weighted by Gasteiger charge is 2.41. The standard InChI is InChI=1S/C19H15FN2O4.C9H8N4OS/c1-2-7-21-15-9-14(13(20)8-16(15)26-10-17(21)23)22-18(24)11-5-3-4-6-12(11)19(22)25;14-9(12-8-6-10-13-15-8)11-7-4-2-1-3-5-7/h1,8-9H,3-7,10H2;1-6H,(H2,11,12,14). The van der Waals surface area contributed by atoms with E-state index in [2.05, 4.69) is 26.1 Å². The number of para-hydroxylation sites is 1. The first-order valence-electron chi connectivity index (χ1n) is 12.6. The van der Waals surface area contributed by atoms with Crippen molar-refractivity contribution in [1.82, 2.24) is 9.59 Å². The number of rotatable bonds is 4. The highest BCUT2D eigenvalue weighted by atomic mass is 32.1. The van der Waals surface area contributed by atoms with E-state index in [-0.39, 0.29) is 42.2 Å². The Morgan fingerprint density at radius 3 is 2.39 bits per heavy atom. The van der Waals surface area contributed by atoms with E-state index in [1.165, 1.54) is 17.2 Å². The molecule has 208 valence electrons. The fraction of sp³-hybridized carbons (Fsp3) is 0.214. The Kier molecular flexibility index (Phi) is 8.02. The lowest BCUT2D eigenvalue weighted by atomic mass is 9.93. The number of amides is 5. The van der Waals surface area contributed by atoms with Gasteiger partial charge in [-0.1, -0.05) is 28.6 Å². The van der Waals surface area contributed by atoms with Crippen molar-refractivity contribution in [3.63, 3.8) is 0 Å². The molecule has 0 saturated carbocycles. The molecule has 41 heavy (non-hydrogen) atoms. The molecule has 0 bridgehead atoms. The number of nitrogens with one attached hydrogen (secondary N) is 2. The molecule has 2 aliphatic heterocycles. The van der Waals surface area contributed by atoms with Gasteiger partial charge in [0, 0.05) is 34.4 Å². The zero-order chi connectivity index (χ0) is 28.9. The van der Waals surface area contributed by atoms with Gasteiger partial charge in [-0.25, -0.2) is 14.1 Å². The minimum atomic E-state index is -0.764. The molecule has 3 aliphatic rings. The monoisotopic (exact) mass is 574 g/mol. The van der Waals surface area contributed by atoms with E-state index >= 15 is 0 Å². The highest BCUT2D eigenvalue weighted by molar-refractivity contribution is 7.10. The predicted octanol–water partition coefficient (Wildman–Crippen LogP) is 4.11. The van der Waals surface area contributed by atoms with Gasteiger partial charge in [0.1, 0.15) is 10.8 Å². The third-order valence-electron chi connectivity index (χ3n) is 6.48. The van der Waals surface area contributed by atoms with E-state index in [4.69, 9.17) is 11.2 Å². The lowest BCUT2D eigenvalue weighted by Gasteiger charge is -2.29. The first-order valence-corrected chi connectivity index (χ1v) is 13.4. The number of aromatic nitrogens is 2. The first kappa shape index (κ1) is 27.5. The maximum absolute atomic E-state index is 14.7. The Morgan fingerprint density at radius 2 is 1.76 bits per heavy atom. The normalized spacial score (nSPS) is 15.8. The van der Waals surface area contributed by atoms with Crippen molar-refractivity contribution < 1.29 is 28.3 Å². The highest BCUT2D eigenvalue weighted by Crippen LogP contribution is 2.41. The van der Waals surface area contributed by atoms with Crippen molar-refractivity contribution in [3.05, 3.63) is 65.6 Å². The number of nitrogens with zero attached hydrogens (tertiary/aromatic N) is 4. The van der Waals surface area contributed by atoms with Crippen LogP contribution in [0.3, 0.4) is 0 Å². The molecule has 5 amide bonds. The molecule has 0 saturated heterocycles. The molecule has 3 aromatic rings. The van der Waals surface area contributed by atoms with Crippen LogP contribution in [0.25, 0.3) is 0 Å². The Morgan fingerprint density at radius 1 is 1.05 bits per heavy atom. The van der Waals surface area contributed by atoms with E-state index in [0.29, 0.717) is 29.0 Å². The second kappa shape index (κ2) is 12.0. The van der Waals surface area contributed by atoms with Crippen LogP contribution in [0, 0.1) is 18.2 Å². The molecule has 6 rings (SSSR count). The van der Waals surface area contributed by atoms with Gasteiger partial charge in [0.15, 0.2) is 12.4 Å². The number of benzene rings is 2. The fourth-order valence-electron chi connectivity index (χ4n) is 4.62. The number of urea groups is 1. The zero-order valence-corrected chi connectivity index (χ0v) is 22.4. The molecule has 13 heteroatoms. The fourth-order valence-corrected chi connectivity index (χ4v) is 5.04. The Balaban J connectivity index is 0.000000191. The van der Waals surface area contributed by atoms with Gasteiger partial charge in [0.2, 0.25) is 0 Å². The molecule has 0 fully saturated rings. The molecule has 11 nitrogen and oxygen atoms in total. The third-order valence-corrected chi connectivity index (χ3v) is 7.06. The van der Waals surface area contributed by atoms with Gasteiger partial charge in [0.05, 0.1) is 24.1 Å². The van der Waals surface area contributed by atoms with E-state index in [1.807, 2.05) is 30.3 Å². The molecule has 1 aliphatic carbocycles. The van der Waals surface area contributed by atoms with Crippen molar-refractivity contribution in [1.29, 1.82) is 0 Å². The Bertz CT molecular complexity index is 1560. The minimum Gasteiger partial charge on any atom is -0.481 e. The molecule has 0 radical (unpaired) electrons. The van der Waals surface area contributed by atoms with Gasteiger partial charge in [-0.2, -0.15) is 0 Å². The van der Waals surface area contributed by atoms with Crippen LogP contribution < -0.4 is 25.2 Å². The summed E-state index contributed by atoms with van der Waals surface area (Å²) in [6.45, 7) is -0.262. The van der Waals surface area contributed by atoms with E-state index in [1.54, 1.807) is 0 Å². The average molecular weight is 575 g/mol. The number of anilines is 4. The van der Waals surface area contributed by atoms with Crippen molar-refractivity contribution in [2.45, 2.75) is 25.7 Å². The van der Waals surface area contributed by atoms with Gasteiger partial charge in [-0.15, -0.1) is 11.5 Å². The maximum atomic E-state index is 14.7. The maximum Gasteiger partial charge on any atom is 0.324 e. The molecule has 0 spiro atoms. The van der Waals surface area contributed by atoms with Gasteiger partial charge >= 0.3 is 6.03 Å². The lowest BCUT2D eigenvalue weighted by Crippen LogP contribution is -2.39. The number of halogens is 1. The van der Waals surface area contributed by atoms with E-state index in [0.717, 1.165) is 41.0 Å². The predicted molar refractivity (Wildman–Crippen MR) is 150 cm³/mol. The number of carbonyl (C=O) groups is 4. The summed E-state index contributed by atoms with van der Waals surface area (Å²) in [6, 6.07) is 11.3. The summed E-state index contributed by atoms with van der Waals surface area (Å²) in [4.78, 5) is 51.0. The quantitative estimate of drug-likeness (QED) is 0.354. The SMILES string of the molecule is C#CCN1C(=O)COc2cc(F)c(N3C(=O)C4=C(CCCC4)C3=O)cc21.O=C(Nc1ccccc1)Nc1cnns1. The first-order chi connectivity index (χ1) is 19.9. The van der Waals surface area contributed by atoms with Crippen molar-refractivity contribution in [2.75, 3.05) is 33.6 Å².